The molecule has 17 heavy (non-hydrogen) atoms. The third-order valence-electron chi connectivity index (χ3n) is 1.85. The van der Waals surface area contributed by atoms with E-state index in [-0.39, 0.29) is 17.1 Å². The van der Waals surface area contributed by atoms with Gasteiger partial charge in [-0.15, -0.1) is 0 Å². The van der Waals surface area contributed by atoms with E-state index >= 15 is 0 Å². The summed E-state index contributed by atoms with van der Waals surface area (Å²) in [6, 6.07) is 2.42. The van der Waals surface area contributed by atoms with Gasteiger partial charge in [-0.1, -0.05) is 23.4 Å². The molecule has 0 bridgehead atoms. The molecule has 2 N–H and O–H groups in total. The number of hydrogen-bond acceptors (Lipinski definition) is 3. The average molecular weight is 256 g/mol. The average Bonchev–Trinajstić information content (AvgIpc) is 2.26. The number of benzene rings is 1. The Labute approximate surface area is 104 Å². The predicted molar refractivity (Wildman–Crippen MR) is 64.0 cm³/mol. The molecule has 0 radical (unpaired) electrons. The molecule has 0 aliphatic heterocycles. The van der Waals surface area contributed by atoms with Crippen molar-refractivity contribution in [2.24, 2.45) is 0 Å². The Hall–Kier alpha value is -1.73. The molecular formula is C12H11ClFNO2. The number of carbonyl (C=O) groups excluding carboxylic acids is 1. The van der Waals surface area contributed by atoms with Crippen LogP contribution in [0.25, 0.3) is 0 Å². The Balaban J connectivity index is 2.79. The normalized spacial score (nSPS) is 9.35. The van der Waals surface area contributed by atoms with Gasteiger partial charge in [-0.2, -0.15) is 0 Å². The molecule has 0 fully saturated rings. The monoisotopic (exact) mass is 255 g/mol. The van der Waals surface area contributed by atoms with Gasteiger partial charge in [-0.05, 0) is 19.1 Å². The van der Waals surface area contributed by atoms with Crippen molar-refractivity contribution in [3.8, 4) is 11.8 Å². The molecule has 90 valence electrons. The van der Waals surface area contributed by atoms with Crippen LogP contribution in [-0.4, -0.2) is 12.6 Å². The molecule has 0 spiro atoms. The maximum absolute atomic E-state index is 13.1. The fourth-order valence-electron chi connectivity index (χ4n) is 1.08. The zero-order valence-electron chi connectivity index (χ0n) is 9.22. The first kappa shape index (κ1) is 13.3. The maximum atomic E-state index is 13.1. The van der Waals surface area contributed by atoms with Gasteiger partial charge in [0, 0.05) is 5.56 Å². The molecule has 3 nitrogen and oxygen atoms in total. The molecule has 5 heteroatoms. The fraction of sp³-hybridized carbons (Fsp3) is 0.250. The van der Waals surface area contributed by atoms with Gasteiger partial charge >= 0.3 is 5.97 Å². The van der Waals surface area contributed by atoms with Gasteiger partial charge < -0.3 is 10.5 Å². The van der Waals surface area contributed by atoms with Crippen LogP contribution >= 0.6 is 11.6 Å². The van der Waals surface area contributed by atoms with Gasteiger partial charge in [0.1, 0.15) is 12.2 Å². The van der Waals surface area contributed by atoms with E-state index in [1.54, 1.807) is 6.92 Å². The Kier molecular flexibility index (Phi) is 4.80. The van der Waals surface area contributed by atoms with Crippen molar-refractivity contribution in [3.63, 3.8) is 0 Å². The van der Waals surface area contributed by atoms with E-state index in [1.807, 2.05) is 0 Å². The Morgan fingerprint density at radius 2 is 2.29 bits per heavy atom. The van der Waals surface area contributed by atoms with Crippen LogP contribution in [0.1, 0.15) is 18.9 Å². The van der Waals surface area contributed by atoms with Gasteiger partial charge in [-0.3, -0.25) is 4.79 Å². The number of esters is 1. The molecule has 1 aromatic carbocycles. The predicted octanol–water partition coefficient (Wildman–Crippen LogP) is 2.37. The van der Waals surface area contributed by atoms with Crippen molar-refractivity contribution < 1.29 is 13.9 Å². The van der Waals surface area contributed by atoms with E-state index in [0.29, 0.717) is 12.2 Å². The minimum absolute atomic E-state index is 0.0362. The maximum Gasteiger partial charge on any atom is 0.317 e. The van der Waals surface area contributed by atoms with Gasteiger partial charge in [0.15, 0.2) is 0 Å². The molecule has 0 saturated heterocycles. The first-order valence-corrected chi connectivity index (χ1v) is 5.31. The van der Waals surface area contributed by atoms with Crippen LogP contribution in [0.5, 0.6) is 0 Å². The summed E-state index contributed by atoms with van der Waals surface area (Å²) in [6.07, 6.45) is -0.0594. The second kappa shape index (κ2) is 6.12. The number of nitrogens with two attached hydrogens (primary N) is 1. The summed E-state index contributed by atoms with van der Waals surface area (Å²) in [5.74, 6) is 4.14. The van der Waals surface area contributed by atoms with Crippen LogP contribution in [0.3, 0.4) is 0 Å². The van der Waals surface area contributed by atoms with Crippen LogP contribution in [0, 0.1) is 17.7 Å². The molecule has 1 rings (SSSR count). The quantitative estimate of drug-likeness (QED) is 0.501. The van der Waals surface area contributed by atoms with E-state index in [4.69, 9.17) is 17.3 Å². The second-order valence-corrected chi connectivity index (χ2v) is 3.54. The van der Waals surface area contributed by atoms with Crippen LogP contribution in [0.15, 0.2) is 12.1 Å². The standard InChI is InChI=1S/C12H11ClFNO2/c1-2-17-12(16)5-3-4-8-6-10(14)11(15)7-9(8)13/h6-7H,2,5,15H2,1H3. The van der Waals surface area contributed by atoms with Crippen molar-refractivity contribution in [1.82, 2.24) is 0 Å². The van der Waals surface area contributed by atoms with Crippen LogP contribution < -0.4 is 5.73 Å². The fourth-order valence-corrected chi connectivity index (χ4v) is 1.30. The van der Waals surface area contributed by atoms with E-state index in [1.165, 1.54) is 6.07 Å². The van der Waals surface area contributed by atoms with E-state index in [2.05, 4.69) is 16.6 Å². The lowest BCUT2D eigenvalue weighted by atomic mass is 10.2. The van der Waals surface area contributed by atoms with Gasteiger partial charge in [0.05, 0.1) is 17.3 Å². The van der Waals surface area contributed by atoms with Gasteiger partial charge in [0.25, 0.3) is 0 Å². The number of nitrogen functional groups attached to an aromatic ring is 1. The smallest absolute Gasteiger partial charge is 0.317 e. The lowest BCUT2D eigenvalue weighted by Crippen LogP contribution is -2.01. The largest absolute Gasteiger partial charge is 0.465 e. The first-order chi connectivity index (χ1) is 8.04. The minimum Gasteiger partial charge on any atom is -0.465 e. The number of halogens is 2. The summed E-state index contributed by atoms with van der Waals surface area (Å²) in [4.78, 5) is 11.0. The van der Waals surface area contributed by atoms with Gasteiger partial charge in [0.2, 0.25) is 0 Å². The number of ether oxygens (including phenoxy) is 1. The third kappa shape index (κ3) is 3.97. The highest BCUT2D eigenvalue weighted by molar-refractivity contribution is 6.32. The number of rotatable bonds is 2. The van der Waals surface area contributed by atoms with Crippen LogP contribution in [0.2, 0.25) is 5.02 Å². The molecule has 0 heterocycles. The van der Waals surface area contributed by atoms with Crippen molar-refractivity contribution in [2.45, 2.75) is 13.3 Å². The summed E-state index contributed by atoms with van der Waals surface area (Å²) < 4.78 is 17.8. The third-order valence-corrected chi connectivity index (χ3v) is 2.16. The molecule has 0 aliphatic carbocycles. The number of anilines is 1. The van der Waals surface area contributed by atoms with Crippen molar-refractivity contribution in [2.75, 3.05) is 12.3 Å². The molecule has 1 aromatic rings. The number of carbonyl (C=O) groups is 1. The summed E-state index contributed by atoms with van der Waals surface area (Å²) in [7, 11) is 0. The molecule has 0 atom stereocenters. The Bertz CT molecular complexity index is 491. The zero-order chi connectivity index (χ0) is 12.8. The molecule has 0 unspecified atom stereocenters. The summed E-state index contributed by atoms with van der Waals surface area (Å²) in [5.41, 5.74) is 5.58. The Morgan fingerprint density at radius 1 is 1.59 bits per heavy atom. The second-order valence-electron chi connectivity index (χ2n) is 3.14. The molecule has 0 saturated carbocycles. The summed E-state index contributed by atoms with van der Waals surface area (Å²) in [6.45, 7) is 2.01. The van der Waals surface area contributed by atoms with Crippen molar-refractivity contribution >= 4 is 23.3 Å². The highest BCUT2D eigenvalue weighted by Crippen LogP contribution is 2.21. The molecule has 0 aliphatic rings. The van der Waals surface area contributed by atoms with Gasteiger partial charge in [-0.25, -0.2) is 4.39 Å². The molecule has 0 amide bonds. The van der Waals surface area contributed by atoms with Crippen LogP contribution in [0.4, 0.5) is 10.1 Å². The Morgan fingerprint density at radius 3 is 2.94 bits per heavy atom. The lowest BCUT2D eigenvalue weighted by Gasteiger charge is -2.00. The first-order valence-electron chi connectivity index (χ1n) is 4.93. The van der Waals surface area contributed by atoms with Crippen molar-refractivity contribution in [1.29, 1.82) is 0 Å². The van der Waals surface area contributed by atoms with E-state index < -0.39 is 11.8 Å². The SMILES string of the molecule is CCOC(=O)CC#Cc1cc(F)c(N)cc1Cl. The van der Waals surface area contributed by atoms with E-state index in [0.717, 1.165) is 6.07 Å². The van der Waals surface area contributed by atoms with Crippen LogP contribution in [-0.2, 0) is 9.53 Å². The topological polar surface area (TPSA) is 52.3 Å². The highest BCUT2D eigenvalue weighted by atomic mass is 35.5. The number of hydrogen-bond donors (Lipinski definition) is 1. The zero-order valence-corrected chi connectivity index (χ0v) is 9.97. The van der Waals surface area contributed by atoms with Crippen molar-refractivity contribution in [3.05, 3.63) is 28.5 Å². The minimum atomic E-state index is -0.588. The lowest BCUT2D eigenvalue weighted by molar-refractivity contribution is -0.141. The molecular weight excluding hydrogens is 245 g/mol. The highest BCUT2D eigenvalue weighted by Gasteiger charge is 2.04. The van der Waals surface area contributed by atoms with E-state index in [9.17, 15) is 9.18 Å². The summed E-state index contributed by atoms with van der Waals surface area (Å²) >= 11 is 5.81. The summed E-state index contributed by atoms with van der Waals surface area (Å²) in [5, 5.41) is 0.250. The molecule has 0 aromatic heterocycles.